The molecule has 2 rings (SSSR count). The van der Waals surface area contributed by atoms with E-state index in [1.165, 1.54) is 31.2 Å². The van der Waals surface area contributed by atoms with Gasteiger partial charge < -0.3 is 0 Å². The maximum absolute atomic E-state index is 8.87. The Labute approximate surface area is 110 Å². The van der Waals surface area contributed by atoms with Crippen LogP contribution in [0, 0.1) is 11.3 Å². The van der Waals surface area contributed by atoms with E-state index in [1.807, 2.05) is 14.0 Å². The molecule has 96 valence electrons. The first kappa shape index (κ1) is 13.1. The van der Waals surface area contributed by atoms with Gasteiger partial charge in [-0.1, -0.05) is 18.2 Å². The van der Waals surface area contributed by atoms with Crippen molar-refractivity contribution in [3.05, 3.63) is 34.9 Å². The number of benzene rings is 1. The number of likely N-dealkylation sites (N-methyl/N-ethyl adjacent to an activating group) is 1. The van der Waals surface area contributed by atoms with Gasteiger partial charge in [0.25, 0.3) is 0 Å². The maximum Gasteiger partial charge on any atom is 0.0946 e. The highest BCUT2D eigenvalue weighted by atomic mass is 15.1. The molecule has 2 nitrogen and oxygen atoms in total. The summed E-state index contributed by atoms with van der Waals surface area (Å²) in [5.41, 5.74) is 4.51. The van der Waals surface area contributed by atoms with Crippen LogP contribution in [0.25, 0.3) is 0 Å². The van der Waals surface area contributed by atoms with E-state index >= 15 is 0 Å². The van der Waals surface area contributed by atoms with Gasteiger partial charge in [0.15, 0.2) is 0 Å². The van der Waals surface area contributed by atoms with Crippen LogP contribution in [0.1, 0.15) is 36.5 Å². The SMILES string of the molecule is CC(C#N)N(C)CCc1ccc2c(c1)CCCC2. The van der Waals surface area contributed by atoms with Crippen LogP contribution in [0.3, 0.4) is 0 Å². The van der Waals surface area contributed by atoms with Crippen LogP contribution < -0.4 is 0 Å². The summed E-state index contributed by atoms with van der Waals surface area (Å²) in [5.74, 6) is 0. The zero-order chi connectivity index (χ0) is 13.0. The molecule has 0 heterocycles. The Morgan fingerprint density at radius 1 is 1.28 bits per heavy atom. The Kier molecular flexibility index (Phi) is 4.38. The first-order valence-electron chi connectivity index (χ1n) is 6.91. The average molecular weight is 242 g/mol. The van der Waals surface area contributed by atoms with E-state index in [1.54, 1.807) is 11.1 Å². The second kappa shape index (κ2) is 6.02. The Morgan fingerprint density at radius 3 is 2.72 bits per heavy atom. The number of fused-ring (bicyclic) bond motifs is 1. The largest absolute Gasteiger partial charge is 0.291 e. The lowest BCUT2D eigenvalue weighted by molar-refractivity contribution is 0.306. The van der Waals surface area contributed by atoms with Gasteiger partial charge in [-0.3, -0.25) is 4.90 Å². The summed E-state index contributed by atoms with van der Waals surface area (Å²) in [6, 6.07) is 9.22. The minimum absolute atomic E-state index is 0.00243. The monoisotopic (exact) mass is 242 g/mol. The third kappa shape index (κ3) is 3.11. The fraction of sp³-hybridized carbons (Fsp3) is 0.562. The molecule has 0 saturated carbocycles. The summed E-state index contributed by atoms with van der Waals surface area (Å²) in [6.45, 7) is 2.90. The molecule has 1 aliphatic carbocycles. The lowest BCUT2D eigenvalue weighted by atomic mass is 9.90. The van der Waals surface area contributed by atoms with Gasteiger partial charge in [-0.05, 0) is 62.8 Å². The minimum atomic E-state index is 0.00243. The van der Waals surface area contributed by atoms with E-state index in [2.05, 4.69) is 29.2 Å². The van der Waals surface area contributed by atoms with Gasteiger partial charge in [-0.15, -0.1) is 0 Å². The van der Waals surface area contributed by atoms with Crippen LogP contribution in [0.5, 0.6) is 0 Å². The first-order valence-corrected chi connectivity index (χ1v) is 6.91. The van der Waals surface area contributed by atoms with Crippen LogP contribution in [-0.4, -0.2) is 24.5 Å². The summed E-state index contributed by atoms with van der Waals surface area (Å²) < 4.78 is 0. The van der Waals surface area contributed by atoms with Crippen molar-refractivity contribution in [1.29, 1.82) is 5.26 Å². The predicted molar refractivity (Wildman–Crippen MR) is 74.5 cm³/mol. The molecule has 1 aromatic carbocycles. The van der Waals surface area contributed by atoms with Crippen LogP contribution in [0.2, 0.25) is 0 Å². The molecule has 0 bridgehead atoms. The number of aryl methyl sites for hydroxylation is 2. The van der Waals surface area contributed by atoms with E-state index in [0.717, 1.165) is 13.0 Å². The third-order valence-electron chi connectivity index (χ3n) is 4.01. The summed E-state index contributed by atoms with van der Waals surface area (Å²) in [7, 11) is 2.02. The Bertz CT molecular complexity index is 445. The molecule has 0 amide bonds. The Hall–Kier alpha value is -1.33. The number of hydrogen-bond donors (Lipinski definition) is 0. The van der Waals surface area contributed by atoms with Crippen molar-refractivity contribution in [1.82, 2.24) is 4.90 Å². The van der Waals surface area contributed by atoms with Crippen molar-refractivity contribution in [3.8, 4) is 6.07 Å². The molecule has 1 atom stereocenters. The summed E-state index contributed by atoms with van der Waals surface area (Å²) >= 11 is 0. The number of hydrogen-bond acceptors (Lipinski definition) is 2. The predicted octanol–water partition coefficient (Wildman–Crippen LogP) is 2.95. The zero-order valence-electron chi connectivity index (χ0n) is 11.4. The van der Waals surface area contributed by atoms with Crippen molar-refractivity contribution >= 4 is 0 Å². The van der Waals surface area contributed by atoms with Gasteiger partial charge in [-0.2, -0.15) is 5.26 Å². The normalized spacial score (nSPS) is 16.1. The molecule has 0 radical (unpaired) electrons. The van der Waals surface area contributed by atoms with Gasteiger partial charge in [0.1, 0.15) is 0 Å². The highest BCUT2D eigenvalue weighted by Crippen LogP contribution is 2.22. The second-order valence-corrected chi connectivity index (χ2v) is 5.35. The van der Waals surface area contributed by atoms with Crippen molar-refractivity contribution in [2.75, 3.05) is 13.6 Å². The van der Waals surface area contributed by atoms with Crippen molar-refractivity contribution in [2.45, 2.75) is 45.1 Å². The van der Waals surface area contributed by atoms with E-state index in [4.69, 9.17) is 5.26 Å². The fourth-order valence-corrected chi connectivity index (χ4v) is 2.54. The summed E-state index contributed by atoms with van der Waals surface area (Å²) in [5, 5.41) is 8.87. The molecule has 0 N–H and O–H groups in total. The van der Waals surface area contributed by atoms with Crippen molar-refractivity contribution < 1.29 is 0 Å². The number of nitriles is 1. The first-order chi connectivity index (χ1) is 8.70. The smallest absolute Gasteiger partial charge is 0.0946 e. The van der Waals surface area contributed by atoms with Gasteiger partial charge in [0, 0.05) is 6.54 Å². The van der Waals surface area contributed by atoms with Crippen molar-refractivity contribution in [3.63, 3.8) is 0 Å². The van der Waals surface area contributed by atoms with Crippen LogP contribution in [0.15, 0.2) is 18.2 Å². The number of nitrogens with zero attached hydrogens (tertiary/aromatic N) is 2. The molecule has 0 aromatic heterocycles. The van der Waals surface area contributed by atoms with Crippen LogP contribution >= 0.6 is 0 Å². The molecular weight excluding hydrogens is 220 g/mol. The highest BCUT2D eigenvalue weighted by molar-refractivity contribution is 5.34. The molecule has 1 aliphatic rings. The molecule has 18 heavy (non-hydrogen) atoms. The van der Waals surface area contributed by atoms with Crippen LogP contribution in [-0.2, 0) is 19.3 Å². The summed E-state index contributed by atoms with van der Waals surface area (Å²) in [6.07, 6.45) is 6.21. The van der Waals surface area contributed by atoms with Gasteiger partial charge in [0.05, 0.1) is 12.1 Å². The minimum Gasteiger partial charge on any atom is -0.291 e. The lowest BCUT2D eigenvalue weighted by Gasteiger charge is -2.20. The van der Waals surface area contributed by atoms with E-state index in [9.17, 15) is 0 Å². The Morgan fingerprint density at radius 2 is 2.00 bits per heavy atom. The summed E-state index contributed by atoms with van der Waals surface area (Å²) in [4.78, 5) is 2.11. The topological polar surface area (TPSA) is 27.0 Å². The van der Waals surface area contributed by atoms with E-state index < -0.39 is 0 Å². The Balaban J connectivity index is 1.96. The van der Waals surface area contributed by atoms with Gasteiger partial charge >= 0.3 is 0 Å². The quantitative estimate of drug-likeness (QED) is 0.811. The average Bonchev–Trinajstić information content (AvgIpc) is 2.43. The molecule has 0 saturated heterocycles. The molecule has 0 spiro atoms. The fourth-order valence-electron chi connectivity index (χ4n) is 2.54. The van der Waals surface area contributed by atoms with E-state index in [0.29, 0.717) is 0 Å². The van der Waals surface area contributed by atoms with Crippen molar-refractivity contribution in [2.24, 2.45) is 0 Å². The van der Waals surface area contributed by atoms with Gasteiger partial charge in [0.2, 0.25) is 0 Å². The molecular formula is C16H22N2. The molecule has 0 fully saturated rings. The number of rotatable bonds is 4. The van der Waals surface area contributed by atoms with Gasteiger partial charge in [-0.25, -0.2) is 0 Å². The third-order valence-corrected chi connectivity index (χ3v) is 4.01. The molecule has 2 heteroatoms. The standard InChI is InChI=1S/C16H22N2/c1-13(12-17)18(2)10-9-14-7-8-15-5-3-4-6-16(15)11-14/h7-8,11,13H,3-6,9-10H2,1-2H3. The second-order valence-electron chi connectivity index (χ2n) is 5.35. The highest BCUT2D eigenvalue weighted by Gasteiger charge is 2.11. The molecule has 1 unspecified atom stereocenters. The molecule has 0 aliphatic heterocycles. The van der Waals surface area contributed by atoms with Crippen LogP contribution in [0.4, 0.5) is 0 Å². The van der Waals surface area contributed by atoms with E-state index in [-0.39, 0.29) is 6.04 Å². The maximum atomic E-state index is 8.87. The molecule has 1 aromatic rings. The lowest BCUT2D eigenvalue weighted by Crippen LogP contribution is -2.29. The zero-order valence-corrected chi connectivity index (χ0v) is 11.4.